The first-order valence-corrected chi connectivity index (χ1v) is 10.9. The average molecular weight is 429 g/mol. The van der Waals surface area contributed by atoms with E-state index in [0.717, 1.165) is 44.0 Å². The SMILES string of the molecule is O=c1oncn1-c1ccc2c(c1)Oc1ccccc1C2C1CCN(Cc2ccoc2)CC1. The number of nitrogens with zero attached hydrogens (tertiary/aromatic N) is 3. The minimum absolute atomic E-state index is 0.263. The van der Waals surface area contributed by atoms with Crippen LogP contribution in [0.1, 0.15) is 35.4 Å². The number of furan rings is 1. The van der Waals surface area contributed by atoms with Crippen LogP contribution in [0.25, 0.3) is 5.69 Å². The van der Waals surface area contributed by atoms with E-state index in [-0.39, 0.29) is 5.92 Å². The maximum Gasteiger partial charge on any atom is 0.446 e. The summed E-state index contributed by atoms with van der Waals surface area (Å²) in [5.74, 6) is 1.95. The fourth-order valence-electron chi connectivity index (χ4n) is 5.11. The number of likely N-dealkylation sites (tertiary alicyclic amines) is 1. The van der Waals surface area contributed by atoms with Gasteiger partial charge in [-0.3, -0.25) is 9.42 Å². The second kappa shape index (κ2) is 7.84. The van der Waals surface area contributed by atoms with Crippen molar-refractivity contribution in [1.29, 1.82) is 0 Å². The van der Waals surface area contributed by atoms with Crippen LogP contribution in [-0.2, 0) is 6.54 Å². The van der Waals surface area contributed by atoms with Gasteiger partial charge in [-0.15, -0.1) is 0 Å². The normalized spacial score (nSPS) is 18.7. The number of ether oxygens (including phenoxy) is 1. The number of fused-ring (bicyclic) bond motifs is 2. The minimum Gasteiger partial charge on any atom is -0.472 e. The van der Waals surface area contributed by atoms with Gasteiger partial charge in [0.05, 0.1) is 18.2 Å². The van der Waals surface area contributed by atoms with Crippen LogP contribution in [-0.4, -0.2) is 27.7 Å². The molecule has 7 nitrogen and oxygen atoms in total. The largest absolute Gasteiger partial charge is 0.472 e. The predicted octanol–water partition coefficient (Wildman–Crippen LogP) is 4.57. The van der Waals surface area contributed by atoms with Crippen molar-refractivity contribution in [3.63, 3.8) is 0 Å². The van der Waals surface area contributed by atoms with E-state index in [9.17, 15) is 4.79 Å². The maximum atomic E-state index is 11.9. The fourth-order valence-corrected chi connectivity index (χ4v) is 5.11. The zero-order valence-electron chi connectivity index (χ0n) is 17.5. The molecule has 1 atom stereocenters. The van der Waals surface area contributed by atoms with Crippen LogP contribution in [0.3, 0.4) is 0 Å². The van der Waals surface area contributed by atoms with Crippen molar-refractivity contribution in [3.05, 3.63) is 94.6 Å². The van der Waals surface area contributed by atoms with E-state index in [1.807, 2.05) is 36.6 Å². The molecule has 1 saturated heterocycles. The quantitative estimate of drug-likeness (QED) is 0.473. The molecule has 0 bridgehead atoms. The van der Waals surface area contributed by atoms with E-state index < -0.39 is 5.76 Å². The Bertz CT molecular complexity index is 1280. The summed E-state index contributed by atoms with van der Waals surface area (Å²) < 4.78 is 17.6. The standard InChI is InChI=1S/C25H23N3O4/c29-25-28(16-26-32-25)19-5-6-21-23(13-19)31-22-4-2-1-3-20(22)24(21)18-7-10-27(11-8-18)14-17-9-12-30-15-17/h1-6,9,12-13,15-16,18,24H,7-8,10-11,14H2. The second-order valence-electron chi connectivity index (χ2n) is 8.53. The molecule has 2 aliphatic heterocycles. The first-order valence-electron chi connectivity index (χ1n) is 10.9. The fraction of sp³-hybridized carbons (Fsp3) is 0.280. The van der Waals surface area contributed by atoms with Crippen LogP contribution in [0.15, 0.2) is 81.1 Å². The molecule has 1 fully saturated rings. The third-order valence-electron chi connectivity index (χ3n) is 6.66. The summed E-state index contributed by atoms with van der Waals surface area (Å²) in [6, 6.07) is 16.3. The molecule has 2 aromatic carbocycles. The number of aromatic nitrogens is 2. The average Bonchev–Trinajstić information content (AvgIpc) is 3.49. The molecule has 4 heterocycles. The Hall–Kier alpha value is -3.58. The first kappa shape index (κ1) is 19.1. The van der Waals surface area contributed by atoms with Crippen molar-refractivity contribution in [1.82, 2.24) is 14.6 Å². The molecule has 32 heavy (non-hydrogen) atoms. The Morgan fingerprint density at radius 3 is 2.62 bits per heavy atom. The van der Waals surface area contributed by atoms with E-state index in [4.69, 9.17) is 9.15 Å². The van der Waals surface area contributed by atoms with Gasteiger partial charge in [-0.1, -0.05) is 29.4 Å². The molecule has 4 aromatic rings. The molecule has 1 unspecified atom stereocenters. The van der Waals surface area contributed by atoms with E-state index >= 15 is 0 Å². The van der Waals surface area contributed by atoms with Crippen molar-refractivity contribution >= 4 is 0 Å². The molecule has 6 rings (SSSR count). The maximum absolute atomic E-state index is 11.9. The molecule has 0 spiro atoms. The predicted molar refractivity (Wildman–Crippen MR) is 117 cm³/mol. The van der Waals surface area contributed by atoms with Crippen LogP contribution in [0, 0.1) is 5.92 Å². The molecule has 0 N–H and O–H groups in total. The number of hydrogen-bond acceptors (Lipinski definition) is 6. The van der Waals surface area contributed by atoms with Gasteiger partial charge in [0.2, 0.25) is 0 Å². The van der Waals surface area contributed by atoms with Gasteiger partial charge in [-0.2, -0.15) is 0 Å². The lowest BCUT2D eigenvalue weighted by Crippen LogP contribution is -2.35. The topological polar surface area (TPSA) is 73.6 Å². The van der Waals surface area contributed by atoms with Gasteiger partial charge in [-0.25, -0.2) is 9.36 Å². The third kappa shape index (κ3) is 3.35. The van der Waals surface area contributed by atoms with Crippen molar-refractivity contribution in [2.75, 3.05) is 13.1 Å². The van der Waals surface area contributed by atoms with Crippen LogP contribution >= 0.6 is 0 Å². The lowest BCUT2D eigenvalue weighted by molar-refractivity contribution is 0.166. The summed E-state index contributed by atoms with van der Waals surface area (Å²) in [5.41, 5.74) is 4.32. The second-order valence-corrected chi connectivity index (χ2v) is 8.53. The van der Waals surface area contributed by atoms with Crippen molar-refractivity contribution < 1.29 is 13.7 Å². The van der Waals surface area contributed by atoms with Crippen molar-refractivity contribution in [2.24, 2.45) is 5.92 Å². The van der Waals surface area contributed by atoms with Gasteiger partial charge in [0.25, 0.3) is 0 Å². The number of rotatable bonds is 4. The highest BCUT2D eigenvalue weighted by atomic mass is 16.5. The molecule has 0 amide bonds. The minimum atomic E-state index is -0.511. The Morgan fingerprint density at radius 1 is 1.00 bits per heavy atom. The number of para-hydroxylation sites is 1. The highest BCUT2D eigenvalue weighted by Crippen LogP contribution is 2.50. The third-order valence-corrected chi connectivity index (χ3v) is 6.66. The van der Waals surface area contributed by atoms with Gasteiger partial charge >= 0.3 is 5.76 Å². The van der Waals surface area contributed by atoms with E-state index in [1.54, 1.807) is 6.26 Å². The monoisotopic (exact) mass is 429 g/mol. The Morgan fingerprint density at radius 2 is 1.84 bits per heavy atom. The summed E-state index contributed by atoms with van der Waals surface area (Å²) in [5, 5.41) is 3.59. The number of piperidine rings is 1. The smallest absolute Gasteiger partial charge is 0.446 e. The van der Waals surface area contributed by atoms with Gasteiger partial charge in [0.15, 0.2) is 0 Å². The summed E-state index contributed by atoms with van der Waals surface area (Å²) in [4.78, 5) is 14.4. The Balaban J connectivity index is 1.31. The molecule has 2 aromatic heterocycles. The lowest BCUT2D eigenvalue weighted by Gasteiger charge is -2.39. The molecular formula is C25H23N3O4. The lowest BCUT2D eigenvalue weighted by atomic mass is 9.74. The summed E-state index contributed by atoms with van der Waals surface area (Å²) in [6.45, 7) is 3.04. The summed E-state index contributed by atoms with van der Waals surface area (Å²) >= 11 is 0. The Labute approximate surface area is 184 Å². The van der Waals surface area contributed by atoms with Gasteiger partial charge in [0.1, 0.15) is 17.8 Å². The van der Waals surface area contributed by atoms with E-state index in [2.05, 4.69) is 32.8 Å². The Kier molecular flexibility index (Phi) is 4.69. The van der Waals surface area contributed by atoms with Crippen LogP contribution in [0.5, 0.6) is 11.5 Å². The van der Waals surface area contributed by atoms with Crippen molar-refractivity contribution in [3.8, 4) is 17.2 Å². The van der Waals surface area contributed by atoms with Crippen molar-refractivity contribution in [2.45, 2.75) is 25.3 Å². The molecular weight excluding hydrogens is 406 g/mol. The molecule has 0 radical (unpaired) electrons. The zero-order chi connectivity index (χ0) is 21.5. The molecule has 7 heteroatoms. The zero-order valence-corrected chi connectivity index (χ0v) is 17.5. The molecule has 162 valence electrons. The summed E-state index contributed by atoms with van der Waals surface area (Å²) in [7, 11) is 0. The van der Waals surface area contributed by atoms with E-state index in [0.29, 0.717) is 11.6 Å². The van der Waals surface area contributed by atoms with Gasteiger partial charge in [-0.05, 0) is 50.0 Å². The number of benzene rings is 2. The highest BCUT2D eigenvalue weighted by Gasteiger charge is 2.35. The number of hydrogen-bond donors (Lipinski definition) is 0. The van der Waals surface area contributed by atoms with Crippen LogP contribution in [0.2, 0.25) is 0 Å². The summed E-state index contributed by atoms with van der Waals surface area (Å²) in [6.07, 6.45) is 7.18. The van der Waals surface area contributed by atoms with E-state index in [1.165, 1.54) is 27.6 Å². The molecule has 0 saturated carbocycles. The molecule has 0 aliphatic carbocycles. The molecule has 2 aliphatic rings. The van der Waals surface area contributed by atoms with Crippen LogP contribution in [0.4, 0.5) is 0 Å². The van der Waals surface area contributed by atoms with Gasteiger partial charge < -0.3 is 9.15 Å². The van der Waals surface area contributed by atoms with Crippen LogP contribution < -0.4 is 10.5 Å². The van der Waals surface area contributed by atoms with Gasteiger partial charge in [0, 0.05) is 35.2 Å². The first-order chi connectivity index (χ1) is 15.8. The highest BCUT2D eigenvalue weighted by molar-refractivity contribution is 5.57.